The van der Waals surface area contributed by atoms with E-state index in [-0.39, 0.29) is 31.1 Å². The largest absolute Gasteiger partial charge is 0.445 e. The van der Waals surface area contributed by atoms with Crippen LogP contribution < -0.4 is 21.3 Å². The van der Waals surface area contributed by atoms with Gasteiger partial charge >= 0.3 is 12.1 Å². The molecule has 0 aromatic heterocycles. The first-order valence-electron chi connectivity index (χ1n) is 11.8. The molecule has 0 saturated heterocycles. The number of carbonyl (C=O) groups is 3. The maximum Gasteiger partial charge on any atom is 0.408 e. The van der Waals surface area contributed by atoms with Crippen LogP contribution in [0.1, 0.15) is 30.5 Å². The van der Waals surface area contributed by atoms with Gasteiger partial charge in [-0.15, -0.1) is 0 Å². The third-order valence-corrected chi connectivity index (χ3v) is 5.20. The van der Waals surface area contributed by atoms with Crippen molar-refractivity contribution < 1.29 is 19.1 Å². The van der Waals surface area contributed by atoms with Crippen LogP contribution in [-0.4, -0.2) is 30.1 Å². The van der Waals surface area contributed by atoms with Gasteiger partial charge in [0.2, 0.25) is 5.91 Å². The number of alkyl carbamates (subject to hydrolysis) is 1. The van der Waals surface area contributed by atoms with E-state index in [1.54, 1.807) is 12.1 Å². The number of hydrogen-bond donors (Lipinski definition) is 4. The molecule has 0 spiro atoms. The molecule has 4 amide bonds. The number of benzene rings is 3. The lowest BCUT2D eigenvalue weighted by molar-refractivity contribution is -0.123. The number of hydrogen-bond acceptors (Lipinski definition) is 4. The molecule has 8 heteroatoms. The number of ether oxygens (including phenoxy) is 1. The van der Waals surface area contributed by atoms with E-state index in [4.69, 9.17) is 4.74 Å². The van der Waals surface area contributed by atoms with Crippen molar-refractivity contribution in [3.8, 4) is 0 Å². The van der Waals surface area contributed by atoms with Crippen molar-refractivity contribution in [3.05, 3.63) is 102 Å². The molecule has 3 rings (SSSR count). The molecule has 3 aromatic rings. The van der Waals surface area contributed by atoms with Gasteiger partial charge < -0.3 is 26.0 Å². The first-order valence-corrected chi connectivity index (χ1v) is 11.8. The molecule has 0 aliphatic carbocycles. The van der Waals surface area contributed by atoms with Gasteiger partial charge in [-0.1, -0.05) is 72.8 Å². The normalized spacial score (nSPS) is 11.3. The molecular weight excluding hydrogens is 456 g/mol. The predicted octanol–water partition coefficient (Wildman–Crippen LogP) is 4.37. The summed E-state index contributed by atoms with van der Waals surface area (Å²) in [6, 6.07) is 24.9. The molecule has 0 radical (unpaired) electrons. The summed E-state index contributed by atoms with van der Waals surface area (Å²) in [6.07, 6.45) is -0.342. The minimum Gasteiger partial charge on any atom is -0.445 e. The highest BCUT2D eigenvalue weighted by atomic mass is 16.5. The van der Waals surface area contributed by atoms with Crippen LogP contribution in [0.5, 0.6) is 0 Å². The fraction of sp³-hybridized carbons (Fsp3) is 0.250. The van der Waals surface area contributed by atoms with Gasteiger partial charge in [0.1, 0.15) is 12.6 Å². The van der Waals surface area contributed by atoms with E-state index in [0.29, 0.717) is 12.1 Å². The first kappa shape index (κ1) is 26.3. The first-order chi connectivity index (χ1) is 17.4. The fourth-order valence-electron chi connectivity index (χ4n) is 3.41. The Hall–Kier alpha value is -4.33. The summed E-state index contributed by atoms with van der Waals surface area (Å²) in [5.41, 5.74) is 3.27. The van der Waals surface area contributed by atoms with Gasteiger partial charge in [0.25, 0.3) is 0 Å². The van der Waals surface area contributed by atoms with E-state index in [1.165, 1.54) is 0 Å². The van der Waals surface area contributed by atoms with Crippen molar-refractivity contribution in [3.63, 3.8) is 0 Å². The van der Waals surface area contributed by atoms with Gasteiger partial charge in [0.05, 0.1) is 0 Å². The third kappa shape index (κ3) is 9.13. The van der Waals surface area contributed by atoms with Crippen molar-refractivity contribution in [1.82, 2.24) is 16.0 Å². The lowest BCUT2D eigenvalue weighted by atomic mass is 10.1. The van der Waals surface area contributed by atoms with Crippen LogP contribution in [0.25, 0.3) is 0 Å². The van der Waals surface area contributed by atoms with Gasteiger partial charge in [-0.3, -0.25) is 4.79 Å². The molecule has 0 saturated carbocycles. The fourth-order valence-corrected chi connectivity index (χ4v) is 3.41. The second kappa shape index (κ2) is 13.5. The van der Waals surface area contributed by atoms with Crippen LogP contribution in [0, 0.1) is 0 Å². The summed E-state index contributed by atoms with van der Waals surface area (Å²) in [4.78, 5) is 37.3. The topological polar surface area (TPSA) is 109 Å². The van der Waals surface area contributed by atoms with Gasteiger partial charge in [0, 0.05) is 24.7 Å². The van der Waals surface area contributed by atoms with E-state index in [0.717, 1.165) is 16.7 Å². The van der Waals surface area contributed by atoms with Crippen LogP contribution in [0.2, 0.25) is 0 Å². The van der Waals surface area contributed by atoms with Crippen LogP contribution >= 0.6 is 0 Å². The molecular formula is C28H32N4O4. The smallest absolute Gasteiger partial charge is 0.408 e. The molecule has 36 heavy (non-hydrogen) atoms. The Morgan fingerprint density at radius 3 is 1.97 bits per heavy atom. The number of rotatable bonds is 10. The lowest BCUT2D eigenvalue weighted by Gasteiger charge is -2.19. The number of nitrogens with one attached hydrogen (secondary N) is 4. The zero-order valence-corrected chi connectivity index (χ0v) is 20.5. The molecule has 3 aromatic carbocycles. The second-order valence-corrected chi connectivity index (χ2v) is 8.62. The molecule has 1 atom stereocenters. The Balaban J connectivity index is 1.56. The summed E-state index contributed by atoms with van der Waals surface area (Å²) in [7, 11) is 0. The average Bonchev–Trinajstić information content (AvgIpc) is 2.87. The summed E-state index contributed by atoms with van der Waals surface area (Å²) in [5.74, 6) is -0.325. The molecule has 0 heterocycles. The average molecular weight is 489 g/mol. The van der Waals surface area contributed by atoms with Crippen LogP contribution in [-0.2, 0) is 29.1 Å². The Morgan fingerprint density at radius 1 is 0.750 bits per heavy atom. The molecule has 8 nitrogen and oxygen atoms in total. The van der Waals surface area contributed by atoms with E-state index in [1.807, 2.05) is 86.6 Å². The van der Waals surface area contributed by atoms with Crippen molar-refractivity contribution in [2.24, 2.45) is 0 Å². The molecule has 1 unspecified atom stereocenters. The number of amides is 4. The van der Waals surface area contributed by atoms with Gasteiger partial charge in [0.15, 0.2) is 0 Å². The molecule has 188 valence electrons. The molecule has 0 fully saturated rings. The van der Waals surface area contributed by atoms with E-state index in [9.17, 15) is 14.4 Å². The summed E-state index contributed by atoms with van der Waals surface area (Å²) >= 11 is 0. The number of urea groups is 1. The Kier molecular flexibility index (Phi) is 9.88. The number of anilines is 1. The van der Waals surface area contributed by atoms with Gasteiger partial charge in [-0.2, -0.15) is 0 Å². The highest BCUT2D eigenvalue weighted by molar-refractivity contribution is 5.89. The predicted molar refractivity (Wildman–Crippen MR) is 139 cm³/mol. The third-order valence-electron chi connectivity index (χ3n) is 5.20. The minimum absolute atomic E-state index is 0.0348. The van der Waals surface area contributed by atoms with E-state index < -0.39 is 12.1 Å². The van der Waals surface area contributed by atoms with Crippen molar-refractivity contribution in [2.75, 3.05) is 5.32 Å². The zero-order valence-electron chi connectivity index (χ0n) is 20.5. The molecule has 0 aliphatic rings. The molecule has 0 aliphatic heterocycles. The van der Waals surface area contributed by atoms with Gasteiger partial charge in [-0.25, -0.2) is 9.59 Å². The Bertz CT molecular complexity index is 1120. The monoisotopic (exact) mass is 488 g/mol. The van der Waals surface area contributed by atoms with Crippen molar-refractivity contribution >= 4 is 23.7 Å². The molecule has 0 bridgehead atoms. The summed E-state index contributed by atoms with van der Waals surface area (Å²) in [6.45, 7) is 4.15. The summed E-state index contributed by atoms with van der Waals surface area (Å²) < 4.78 is 5.31. The summed E-state index contributed by atoms with van der Waals surface area (Å²) in [5, 5.41) is 11.1. The minimum atomic E-state index is -0.809. The van der Waals surface area contributed by atoms with Crippen molar-refractivity contribution in [2.45, 2.75) is 45.5 Å². The van der Waals surface area contributed by atoms with Crippen LogP contribution in [0.15, 0.2) is 84.9 Å². The SMILES string of the molecule is CC(C)NC(=O)Nc1ccc(CNC(=O)C(Cc2ccccc2)NC(=O)OCc2ccccc2)cc1. The second-order valence-electron chi connectivity index (χ2n) is 8.62. The maximum absolute atomic E-state index is 13.0. The van der Waals surface area contributed by atoms with E-state index >= 15 is 0 Å². The highest BCUT2D eigenvalue weighted by Gasteiger charge is 2.22. The quantitative estimate of drug-likeness (QED) is 0.340. The Morgan fingerprint density at radius 2 is 1.36 bits per heavy atom. The lowest BCUT2D eigenvalue weighted by Crippen LogP contribution is -2.48. The van der Waals surface area contributed by atoms with Crippen LogP contribution in [0.4, 0.5) is 15.3 Å². The van der Waals surface area contributed by atoms with Gasteiger partial charge in [-0.05, 0) is 42.7 Å². The Labute approximate surface area is 211 Å². The van der Waals surface area contributed by atoms with Crippen molar-refractivity contribution in [1.29, 1.82) is 0 Å². The van der Waals surface area contributed by atoms with E-state index in [2.05, 4.69) is 21.3 Å². The highest BCUT2D eigenvalue weighted by Crippen LogP contribution is 2.10. The van der Waals surface area contributed by atoms with Crippen LogP contribution in [0.3, 0.4) is 0 Å². The maximum atomic E-state index is 13.0. The number of carbonyl (C=O) groups excluding carboxylic acids is 3. The standard InChI is InChI=1S/C28H32N4O4/c1-20(2)30-27(34)31-24-15-13-22(14-16-24)18-29-26(33)25(17-21-9-5-3-6-10-21)32-28(35)36-19-23-11-7-4-8-12-23/h3-16,20,25H,17-19H2,1-2H3,(H,29,33)(H,32,35)(H2,30,31,34). The zero-order chi connectivity index (χ0) is 25.8. The molecule has 4 N–H and O–H groups in total.